The average molecular weight is 351 g/mol. The summed E-state index contributed by atoms with van der Waals surface area (Å²) in [5.74, 6) is -0.544. The van der Waals surface area contributed by atoms with Gasteiger partial charge in [-0.05, 0) is 13.8 Å². The van der Waals surface area contributed by atoms with Crippen LogP contribution in [0.3, 0.4) is 0 Å². The fourth-order valence-electron chi connectivity index (χ4n) is 2.10. The van der Waals surface area contributed by atoms with Gasteiger partial charge in [0.1, 0.15) is 13.2 Å². The van der Waals surface area contributed by atoms with Crippen molar-refractivity contribution in [2.75, 3.05) is 0 Å². The molecule has 0 bridgehead atoms. The van der Waals surface area contributed by atoms with Crippen LogP contribution < -0.4 is 10.4 Å². The largest absolute Gasteiger partial charge is 0.458 e. The van der Waals surface area contributed by atoms with Gasteiger partial charge in [-0.25, -0.2) is 4.98 Å². The molecule has 0 amide bonds. The van der Waals surface area contributed by atoms with Crippen LogP contribution in [-0.4, -0.2) is 19.9 Å². The number of nitrogens with zero attached hydrogens (tertiary/aromatic N) is 3. The third-order valence-corrected chi connectivity index (χ3v) is 5.10. The summed E-state index contributed by atoms with van der Waals surface area (Å²) in [6, 6.07) is 1.35. The number of carbonyl (C=O) groups excluding carboxylic acids is 1. The summed E-state index contributed by atoms with van der Waals surface area (Å²) in [6.07, 6.45) is 0. The Labute approximate surface area is 138 Å². The van der Waals surface area contributed by atoms with Crippen molar-refractivity contribution in [1.29, 1.82) is 0 Å². The molecule has 7 nitrogen and oxygen atoms in total. The third-order valence-electron chi connectivity index (χ3n) is 3.27. The Bertz CT molecular complexity index is 996. The molecule has 120 valence electrons. The van der Waals surface area contributed by atoms with Crippen LogP contribution in [0.4, 0.5) is 0 Å². The van der Waals surface area contributed by atoms with Gasteiger partial charge in [0.15, 0.2) is 4.96 Å². The number of aryl methyl sites for hydroxylation is 2. The van der Waals surface area contributed by atoms with E-state index in [1.165, 1.54) is 26.4 Å². The first kappa shape index (κ1) is 15.6. The molecule has 0 aliphatic carbocycles. The van der Waals surface area contributed by atoms with E-state index >= 15 is 0 Å². The van der Waals surface area contributed by atoms with E-state index in [2.05, 4.69) is 4.98 Å². The minimum atomic E-state index is -0.544. The molecular formula is C14H13N3O4S2. The molecule has 0 atom stereocenters. The van der Waals surface area contributed by atoms with Gasteiger partial charge >= 0.3 is 10.8 Å². The number of thiazole rings is 2. The lowest BCUT2D eigenvalue weighted by Gasteiger charge is -2.06. The van der Waals surface area contributed by atoms with Crippen LogP contribution in [-0.2, 0) is 22.7 Å². The second-order valence-corrected chi connectivity index (χ2v) is 6.63. The summed E-state index contributed by atoms with van der Waals surface area (Å²) >= 11 is 2.39. The lowest BCUT2D eigenvalue weighted by Crippen LogP contribution is -2.22. The molecule has 0 spiro atoms. The Hall–Kier alpha value is -2.26. The topological polar surface area (TPSA) is 82.7 Å². The molecule has 0 fully saturated rings. The second kappa shape index (κ2) is 6.09. The molecule has 0 radical (unpaired) electrons. The van der Waals surface area contributed by atoms with Crippen LogP contribution in [0.25, 0.3) is 4.96 Å². The van der Waals surface area contributed by atoms with E-state index in [0.717, 1.165) is 17.0 Å². The summed E-state index contributed by atoms with van der Waals surface area (Å²) in [5, 5.41) is 3.52. The average Bonchev–Trinajstić information content (AvgIpc) is 3.03. The maximum Gasteiger partial charge on any atom is 0.326 e. The summed E-state index contributed by atoms with van der Waals surface area (Å²) < 4.78 is 7.97. The molecule has 0 N–H and O–H groups in total. The lowest BCUT2D eigenvalue weighted by atomic mass is 10.4. The van der Waals surface area contributed by atoms with Crippen LogP contribution in [0, 0.1) is 13.8 Å². The molecule has 0 saturated heterocycles. The Kier molecular flexibility index (Phi) is 4.14. The monoisotopic (exact) mass is 351 g/mol. The maximum atomic E-state index is 12.0. The predicted octanol–water partition coefficient (Wildman–Crippen LogP) is 1.34. The zero-order valence-electron chi connectivity index (χ0n) is 12.4. The van der Waals surface area contributed by atoms with Gasteiger partial charge in [-0.3, -0.25) is 23.4 Å². The molecule has 23 heavy (non-hydrogen) atoms. The van der Waals surface area contributed by atoms with Crippen molar-refractivity contribution in [1.82, 2.24) is 14.0 Å². The molecule has 0 saturated carbocycles. The van der Waals surface area contributed by atoms with Crippen molar-refractivity contribution < 1.29 is 9.53 Å². The predicted molar refractivity (Wildman–Crippen MR) is 87.2 cm³/mol. The van der Waals surface area contributed by atoms with Gasteiger partial charge < -0.3 is 4.74 Å². The van der Waals surface area contributed by atoms with Crippen molar-refractivity contribution in [3.8, 4) is 0 Å². The number of ether oxygens (including phenoxy) is 1. The highest BCUT2D eigenvalue weighted by atomic mass is 32.1. The number of rotatable bonds is 4. The standard InChI is InChI=1S/C14H13N3O4S2/c1-8-6-23-14(20)16(8)4-12(19)21-5-10-3-11(18)17-9(2)7-22-13(17)15-10/h3,6-7H,4-5H2,1-2H3. The minimum absolute atomic E-state index is 0.0978. The van der Waals surface area contributed by atoms with E-state index in [-0.39, 0.29) is 23.6 Å². The first-order valence-corrected chi connectivity index (χ1v) is 8.49. The highest BCUT2D eigenvalue weighted by Crippen LogP contribution is 2.12. The van der Waals surface area contributed by atoms with Crippen LogP contribution in [0.1, 0.15) is 17.1 Å². The molecule has 3 rings (SSSR count). The first-order valence-electron chi connectivity index (χ1n) is 6.73. The molecule has 0 aliphatic heterocycles. The SMILES string of the molecule is Cc1csc(=O)n1CC(=O)OCc1cc(=O)n2c(C)csc2n1. The third kappa shape index (κ3) is 3.10. The normalized spacial score (nSPS) is 11.0. The van der Waals surface area contributed by atoms with Crippen molar-refractivity contribution in [2.24, 2.45) is 0 Å². The lowest BCUT2D eigenvalue weighted by molar-refractivity contribution is -0.145. The molecule has 0 aromatic carbocycles. The van der Waals surface area contributed by atoms with E-state index < -0.39 is 5.97 Å². The molecule has 0 aliphatic rings. The zero-order valence-corrected chi connectivity index (χ0v) is 14.1. The highest BCUT2D eigenvalue weighted by Gasteiger charge is 2.11. The molecule has 3 heterocycles. The van der Waals surface area contributed by atoms with E-state index in [1.54, 1.807) is 12.3 Å². The van der Waals surface area contributed by atoms with Crippen LogP contribution in [0.2, 0.25) is 0 Å². The first-order chi connectivity index (χ1) is 11.0. The van der Waals surface area contributed by atoms with Gasteiger partial charge in [-0.15, -0.1) is 11.3 Å². The Morgan fingerprint density at radius 1 is 1.22 bits per heavy atom. The maximum absolute atomic E-state index is 12.0. The minimum Gasteiger partial charge on any atom is -0.458 e. The summed E-state index contributed by atoms with van der Waals surface area (Å²) in [5.41, 5.74) is 1.71. The van der Waals surface area contributed by atoms with Gasteiger partial charge in [0.25, 0.3) is 5.56 Å². The zero-order chi connectivity index (χ0) is 16.6. The van der Waals surface area contributed by atoms with Gasteiger partial charge in [-0.1, -0.05) is 11.3 Å². The Morgan fingerprint density at radius 3 is 2.65 bits per heavy atom. The second-order valence-electron chi connectivity index (χ2n) is 4.97. The molecular weight excluding hydrogens is 338 g/mol. The van der Waals surface area contributed by atoms with Crippen molar-refractivity contribution in [3.63, 3.8) is 0 Å². The summed E-state index contributed by atoms with van der Waals surface area (Å²) in [6.45, 7) is 3.33. The van der Waals surface area contributed by atoms with Crippen molar-refractivity contribution >= 4 is 33.6 Å². The van der Waals surface area contributed by atoms with Crippen molar-refractivity contribution in [2.45, 2.75) is 27.0 Å². The number of carbonyl (C=O) groups is 1. The molecule has 3 aromatic heterocycles. The van der Waals surface area contributed by atoms with Crippen LogP contribution >= 0.6 is 22.7 Å². The van der Waals surface area contributed by atoms with Crippen molar-refractivity contribution in [3.05, 3.63) is 53.9 Å². The smallest absolute Gasteiger partial charge is 0.326 e. The van der Waals surface area contributed by atoms with E-state index in [1.807, 2.05) is 12.3 Å². The molecule has 0 unspecified atom stereocenters. The molecule has 9 heteroatoms. The summed E-state index contributed by atoms with van der Waals surface area (Å²) in [7, 11) is 0. The molecule has 3 aromatic rings. The Morgan fingerprint density at radius 2 is 1.96 bits per heavy atom. The number of aromatic nitrogens is 3. The van der Waals surface area contributed by atoms with Crippen LogP contribution in [0.5, 0.6) is 0 Å². The fraction of sp³-hybridized carbons (Fsp3) is 0.286. The van der Waals surface area contributed by atoms with E-state index in [9.17, 15) is 14.4 Å². The number of hydrogen-bond donors (Lipinski definition) is 0. The highest BCUT2D eigenvalue weighted by molar-refractivity contribution is 7.15. The number of fused-ring (bicyclic) bond motifs is 1. The van der Waals surface area contributed by atoms with Crippen LogP contribution in [0.15, 0.2) is 26.4 Å². The van der Waals surface area contributed by atoms with Gasteiger partial charge in [0, 0.05) is 28.2 Å². The van der Waals surface area contributed by atoms with Gasteiger partial charge in [-0.2, -0.15) is 0 Å². The Balaban J connectivity index is 1.72. The number of esters is 1. The summed E-state index contributed by atoms with van der Waals surface area (Å²) in [4.78, 5) is 40.1. The number of hydrogen-bond acceptors (Lipinski definition) is 7. The quantitative estimate of drug-likeness (QED) is 0.663. The fourth-order valence-corrected chi connectivity index (χ4v) is 3.73. The van der Waals surface area contributed by atoms with E-state index in [4.69, 9.17) is 4.74 Å². The van der Waals surface area contributed by atoms with Gasteiger partial charge in [0.2, 0.25) is 0 Å². The van der Waals surface area contributed by atoms with E-state index in [0.29, 0.717) is 16.3 Å². The van der Waals surface area contributed by atoms with Gasteiger partial charge in [0.05, 0.1) is 5.69 Å².